The molecule has 1 aliphatic heterocycles. The summed E-state index contributed by atoms with van der Waals surface area (Å²) in [4.78, 5) is 4.44. The van der Waals surface area contributed by atoms with Crippen molar-refractivity contribution >= 4 is 21.5 Å². The van der Waals surface area contributed by atoms with Gasteiger partial charge in [-0.25, -0.2) is 13.4 Å². The van der Waals surface area contributed by atoms with E-state index in [4.69, 9.17) is 4.74 Å². The molecule has 0 radical (unpaired) electrons. The fourth-order valence-electron chi connectivity index (χ4n) is 2.51. The van der Waals surface area contributed by atoms with Crippen LogP contribution in [0.4, 0.5) is 11.5 Å². The van der Waals surface area contributed by atoms with Gasteiger partial charge in [0.05, 0.1) is 13.2 Å². The first kappa shape index (κ1) is 16.9. The van der Waals surface area contributed by atoms with Crippen molar-refractivity contribution in [2.24, 2.45) is 0 Å². The van der Waals surface area contributed by atoms with Crippen LogP contribution in [0.15, 0.2) is 41.4 Å². The van der Waals surface area contributed by atoms with Gasteiger partial charge in [-0.15, -0.1) is 0 Å². The monoisotopic (exact) mass is 347 g/mol. The SMILES string of the molecule is Cc1ccc(Nc2ccc(S(=O)(=O)N3CCOCC3)cn2)cc1C. The Morgan fingerprint density at radius 3 is 2.46 bits per heavy atom. The maximum absolute atomic E-state index is 12.5. The molecule has 0 atom stereocenters. The quantitative estimate of drug-likeness (QED) is 0.920. The summed E-state index contributed by atoms with van der Waals surface area (Å²) in [7, 11) is -3.50. The smallest absolute Gasteiger partial charge is 0.244 e. The summed E-state index contributed by atoms with van der Waals surface area (Å²) < 4.78 is 31.7. The summed E-state index contributed by atoms with van der Waals surface area (Å²) in [6.45, 7) is 5.72. The molecule has 1 N–H and O–H groups in total. The summed E-state index contributed by atoms with van der Waals surface area (Å²) in [6, 6.07) is 9.32. The normalized spacial score (nSPS) is 16.1. The van der Waals surface area contributed by atoms with Crippen LogP contribution >= 0.6 is 0 Å². The van der Waals surface area contributed by atoms with Crippen LogP contribution in [0.5, 0.6) is 0 Å². The standard InChI is InChI=1S/C17H21N3O3S/c1-13-3-4-15(11-14(13)2)19-17-6-5-16(12-18-17)24(21,22)20-7-9-23-10-8-20/h3-6,11-12H,7-10H2,1-2H3,(H,18,19). The lowest BCUT2D eigenvalue weighted by atomic mass is 10.1. The van der Waals surface area contributed by atoms with Gasteiger partial charge in [0.25, 0.3) is 0 Å². The van der Waals surface area contributed by atoms with Gasteiger partial charge in [-0.05, 0) is 49.2 Å². The highest BCUT2D eigenvalue weighted by atomic mass is 32.2. The third-order valence-corrected chi connectivity index (χ3v) is 6.01. The third kappa shape index (κ3) is 3.58. The number of morpholine rings is 1. The summed E-state index contributed by atoms with van der Waals surface area (Å²) in [5.41, 5.74) is 3.33. The Balaban J connectivity index is 1.76. The number of aryl methyl sites for hydroxylation is 2. The number of anilines is 2. The van der Waals surface area contributed by atoms with Crippen LogP contribution in [0.3, 0.4) is 0 Å². The van der Waals surface area contributed by atoms with E-state index in [1.165, 1.54) is 21.6 Å². The third-order valence-electron chi connectivity index (χ3n) is 4.12. The van der Waals surface area contributed by atoms with Gasteiger partial charge in [0.2, 0.25) is 10.0 Å². The summed E-state index contributed by atoms with van der Waals surface area (Å²) >= 11 is 0. The van der Waals surface area contributed by atoms with E-state index in [0.717, 1.165) is 5.69 Å². The van der Waals surface area contributed by atoms with Gasteiger partial charge in [0.15, 0.2) is 0 Å². The van der Waals surface area contributed by atoms with Crippen LogP contribution in [0.2, 0.25) is 0 Å². The molecule has 0 spiro atoms. The van der Waals surface area contributed by atoms with Crippen molar-refractivity contribution in [3.05, 3.63) is 47.7 Å². The Morgan fingerprint density at radius 2 is 1.83 bits per heavy atom. The van der Waals surface area contributed by atoms with Crippen molar-refractivity contribution in [1.29, 1.82) is 0 Å². The number of hydrogen-bond donors (Lipinski definition) is 1. The molecular formula is C17H21N3O3S. The highest BCUT2D eigenvalue weighted by Crippen LogP contribution is 2.21. The van der Waals surface area contributed by atoms with E-state index < -0.39 is 10.0 Å². The van der Waals surface area contributed by atoms with E-state index in [1.54, 1.807) is 12.1 Å². The van der Waals surface area contributed by atoms with Crippen molar-refractivity contribution in [3.8, 4) is 0 Å². The second-order valence-corrected chi connectivity index (χ2v) is 7.76. The molecule has 128 valence electrons. The van der Waals surface area contributed by atoms with Gasteiger partial charge in [0.1, 0.15) is 10.7 Å². The Hall–Kier alpha value is -1.96. The number of hydrogen-bond acceptors (Lipinski definition) is 5. The molecule has 2 aromatic rings. The Kier molecular flexibility index (Phi) is 4.84. The second kappa shape index (κ2) is 6.88. The minimum absolute atomic E-state index is 0.204. The highest BCUT2D eigenvalue weighted by Gasteiger charge is 2.26. The van der Waals surface area contributed by atoms with E-state index in [9.17, 15) is 8.42 Å². The van der Waals surface area contributed by atoms with Crippen LogP contribution in [0, 0.1) is 13.8 Å². The molecule has 0 aliphatic carbocycles. The van der Waals surface area contributed by atoms with Gasteiger partial charge in [-0.3, -0.25) is 0 Å². The first-order chi connectivity index (χ1) is 11.5. The zero-order chi connectivity index (χ0) is 17.2. The molecule has 1 fully saturated rings. The van der Waals surface area contributed by atoms with Crippen LogP contribution in [0.25, 0.3) is 0 Å². The number of nitrogens with zero attached hydrogens (tertiary/aromatic N) is 2. The topological polar surface area (TPSA) is 71.5 Å². The Morgan fingerprint density at radius 1 is 1.08 bits per heavy atom. The molecule has 0 saturated carbocycles. The molecule has 6 nitrogen and oxygen atoms in total. The van der Waals surface area contributed by atoms with Crippen molar-refractivity contribution in [3.63, 3.8) is 0 Å². The van der Waals surface area contributed by atoms with E-state index in [-0.39, 0.29) is 4.90 Å². The average Bonchev–Trinajstić information content (AvgIpc) is 2.59. The van der Waals surface area contributed by atoms with Crippen LogP contribution in [0.1, 0.15) is 11.1 Å². The zero-order valence-corrected chi connectivity index (χ0v) is 14.6. The fourth-order valence-corrected chi connectivity index (χ4v) is 3.86. The molecule has 1 aromatic carbocycles. The Bertz CT molecular complexity index is 813. The van der Waals surface area contributed by atoms with Crippen LogP contribution < -0.4 is 5.32 Å². The van der Waals surface area contributed by atoms with Gasteiger partial charge in [-0.1, -0.05) is 6.07 Å². The van der Waals surface area contributed by atoms with E-state index in [1.807, 2.05) is 25.1 Å². The Labute approximate surface area is 142 Å². The molecular weight excluding hydrogens is 326 g/mol. The molecule has 0 unspecified atom stereocenters. The lowest BCUT2D eigenvalue weighted by molar-refractivity contribution is 0.0730. The van der Waals surface area contributed by atoms with E-state index >= 15 is 0 Å². The minimum atomic E-state index is -3.50. The fraction of sp³-hybridized carbons (Fsp3) is 0.353. The van der Waals surface area contributed by atoms with Crippen molar-refractivity contribution < 1.29 is 13.2 Å². The molecule has 7 heteroatoms. The number of benzene rings is 1. The predicted molar refractivity (Wildman–Crippen MR) is 93.0 cm³/mol. The van der Waals surface area contributed by atoms with E-state index in [0.29, 0.717) is 32.1 Å². The molecule has 1 aromatic heterocycles. The van der Waals surface area contributed by atoms with Gasteiger partial charge >= 0.3 is 0 Å². The maximum atomic E-state index is 12.5. The second-order valence-electron chi connectivity index (χ2n) is 5.82. The van der Waals surface area contributed by atoms with Crippen molar-refractivity contribution in [2.75, 3.05) is 31.6 Å². The van der Waals surface area contributed by atoms with Gasteiger partial charge < -0.3 is 10.1 Å². The zero-order valence-electron chi connectivity index (χ0n) is 13.8. The van der Waals surface area contributed by atoms with Crippen molar-refractivity contribution in [1.82, 2.24) is 9.29 Å². The first-order valence-corrected chi connectivity index (χ1v) is 9.29. The molecule has 0 amide bonds. The maximum Gasteiger partial charge on any atom is 0.244 e. The van der Waals surface area contributed by atoms with Gasteiger partial charge in [0, 0.05) is 25.0 Å². The molecule has 1 saturated heterocycles. The van der Waals surface area contributed by atoms with Crippen molar-refractivity contribution in [2.45, 2.75) is 18.7 Å². The predicted octanol–water partition coefficient (Wildman–Crippen LogP) is 2.46. The first-order valence-electron chi connectivity index (χ1n) is 7.85. The summed E-state index contributed by atoms with van der Waals surface area (Å²) in [6.07, 6.45) is 1.40. The summed E-state index contributed by atoms with van der Waals surface area (Å²) in [5, 5.41) is 3.19. The molecule has 3 rings (SSSR count). The minimum Gasteiger partial charge on any atom is -0.379 e. The number of rotatable bonds is 4. The highest BCUT2D eigenvalue weighted by molar-refractivity contribution is 7.89. The number of nitrogens with one attached hydrogen (secondary N) is 1. The average molecular weight is 347 g/mol. The number of aromatic nitrogens is 1. The molecule has 0 bridgehead atoms. The molecule has 2 heterocycles. The largest absolute Gasteiger partial charge is 0.379 e. The number of ether oxygens (including phenoxy) is 1. The molecule has 24 heavy (non-hydrogen) atoms. The number of pyridine rings is 1. The number of sulfonamides is 1. The lowest BCUT2D eigenvalue weighted by Gasteiger charge is -2.25. The van der Waals surface area contributed by atoms with Gasteiger partial charge in [-0.2, -0.15) is 4.31 Å². The van der Waals surface area contributed by atoms with Crippen LogP contribution in [-0.2, 0) is 14.8 Å². The lowest BCUT2D eigenvalue weighted by Crippen LogP contribution is -2.40. The summed E-state index contributed by atoms with van der Waals surface area (Å²) in [5.74, 6) is 0.610. The van der Waals surface area contributed by atoms with Crippen LogP contribution in [-0.4, -0.2) is 44.0 Å². The van der Waals surface area contributed by atoms with E-state index in [2.05, 4.69) is 17.2 Å². The molecule has 1 aliphatic rings.